The Balaban J connectivity index is 0.00000364. The fraction of sp³-hybridized carbons (Fsp3) is 0.650. The fourth-order valence-corrected chi connectivity index (χ4v) is 2.80. The Bertz CT molecular complexity index is 533. The maximum Gasteiger partial charge on any atom is 0.191 e. The van der Waals surface area contributed by atoms with Crippen molar-refractivity contribution in [3.8, 4) is 5.75 Å². The maximum absolute atomic E-state index is 5.76. The summed E-state index contributed by atoms with van der Waals surface area (Å²) in [4.78, 5) is 7.16. The van der Waals surface area contributed by atoms with E-state index in [1.165, 1.54) is 5.56 Å². The molecule has 1 atom stereocenters. The lowest BCUT2D eigenvalue weighted by atomic mass is 10.2. The Morgan fingerprint density at radius 1 is 1.22 bits per heavy atom. The molecular weight excluding hydrogens is 455 g/mol. The van der Waals surface area contributed by atoms with Gasteiger partial charge in [-0.25, -0.2) is 0 Å². The van der Waals surface area contributed by atoms with Crippen molar-refractivity contribution in [3.05, 3.63) is 29.8 Å². The first-order chi connectivity index (χ1) is 12.7. The molecule has 2 rings (SSSR count). The first kappa shape index (κ1) is 24.0. The van der Waals surface area contributed by atoms with Crippen LogP contribution in [0.5, 0.6) is 5.75 Å². The number of hydrogen-bond donors (Lipinski definition) is 2. The lowest BCUT2D eigenvalue weighted by Crippen LogP contribution is -2.44. The van der Waals surface area contributed by atoms with Gasteiger partial charge in [0.25, 0.3) is 0 Å². The van der Waals surface area contributed by atoms with Gasteiger partial charge < -0.3 is 20.1 Å². The molecule has 6 nitrogen and oxygen atoms in total. The smallest absolute Gasteiger partial charge is 0.191 e. The molecule has 27 heavy (non-hydrogen) atoms. The standard InChI is InChI=1S/C20H34N4O2.HI/c1-4-21-20(23-16-18(3)24-11-14-25-15-12-24)22-10-5-13-26-19-8-6-17(2)7-9-19;/h6-9,18H,4-5,10-16H2,1-3H3,(H2,21,22,23);1H. The van der Waals surface area contributed by atoms with Crippen LogP contribution in [0.1, 0.15) is 25.8 Å². The monoisotopic (exact) mass is 490 g/mol. The number of guanidine groups is 1. The van der Waals surface area contributed by atoms with E-state index in [1.807, 2.05) is 12.1 Å². The van der Waals surface area contributed by atoms with Gasteiger partial charge in [0.05, 0.1) is 26.4 Å². The van der Waals surface area contributed by atoms with Gasteiger partial charge in [-0.1, -0.05) is 17.7 Å². The quantitative estimate of drug-likeness (QED) is 0.241. The summed E-state index contributed by atoms with van der Waals surface area (Å²) in [5.41, 5.74) is 1.25. The molecule has 1 saturated heterocycles. The number of hydrogen-bond acceptors (Lipinski definition) is 4. The van der Waals surface area contributed by atoms with Crippen LogP contribution in [-0.4, -0.2) is 69.4 Å². The van der Waals surface area contributed by atoms with Crippen molar-refractivity contribution in [2.24, 2.45) is 4.99 Å². The van der Waals surface area contributed by atoms with Crippen LogP contribution in [0, 0.1) is 6.92 Å². The molecule has 1 heterocycles. The number of nitrogens with one attached hydrogen (secondary N) is 2. The number of nitrogens with zero attached hydrogens (tertiary/aromatic N) is 2. The lowest BCUT2D eigenvalue weighted by Gasteiger charge is -2.31. The van der Waals surface area contributed by atoms with Crippen molar-refractivity contribution in [3.63, 3.8) is 0 Å². The summed E-state index contributed by atoms with van der Waals surface area (Å²) in [6, 6.07) is 8.60. The van der Waals surface area contributed by atoms with Crippen LogP contribution < -0.4 is 15.4 Å². The van der Waals surface area contributed by atoms with E-state index in [0.717, 1.165) is 64.1 Å². The van der Waals surface area contributed by atoms with Crippen LogP contribution in [0.4, 0.5) is 0 Å². The van der Waals surface area contributed by atoms with E-state index in [9.17, 15) is 0 Å². The summed E-state index contributed by atoms with van der Waals surface area (Å²) >= 11 is 0. The molecule has 7 heteroatoms. The van der Waals surface area contributed by atoms with Crippen molar-refractivity contribution < 1.29 is 9.47 Å². The molecule has 1 unspecified atom stereocenters. The van der Waals surface area contributed by atoms with Gasteiger partial charge in [-0.3, -0.25) is 9.89 Å². The molecule has 0 saturated carbocycles. The minimum atomic E-state index is 0. The van der Waals surface area contributed by atoms with Gasteiger partial charge in [-0.2, -0.15) is 0 Å². The lowest BCUT2D eigenvalue weighted by molar-refractivity contribution is 0.0220. The van der Waals surface area contributed by atoms with Gasteiger partial charge in [0, 0.05) is 32.2 Å². The molecule has 1 aliphatic rings. The van der Waals surface area contributed by atoms with Crippen LogP contribution in [0.3, 0.4) is 0 Å². The number of benzene rings is 1. The number of morpholine rings is 1. The SMILES string of the molecule is CCNC(=NCC(C)N1CCOCC1)NCCCOc1ccc(C)cc1.I. The van der Waals surface area contributed by atoms with Gasteiger partial charge in [0.15, 0.2) is 5.96 Å². The van der Waals surface area contributed by atoms with E-state index < -0.39 is 0 Å². The molecular formula is C20H35IN4O2. The van der Waals surface area contributed by atoms with Crippen LogP contribution in [-0.2, 0) is 4.74 Å². The highest BCUT2D eigenvalue weighted by atomic mass is 127. The molecule has 1 aliphatic heterocycles. The van der Waals surface area contributed by atoms with Crippen LogP contribution in [0.25, 0.3) is 0 Å². The Kier molecular flexibility index (Phi) is 12.4. The highest BCUT2D eigenvalue weighted by molar-refractivity contribution is 14.0. The van der Waals surface area contributed by atoms with Crippen LogP contribution in [0.15, 0.2) is 29.3 Å². The Morgan fingerprint density at radius 2 is 1.93 bits per heavy atom. The second kappa shape index (κ2) is 14.0. The van der Waals surface area contributed by atoms with Gasteiger partial charge in [0.2, 0.25) is 0 Å². The topological polar surface area (TPSA) is 58.1 Å². The van der Waals surface area contributed by atoms with Gasteiger partial charge >= 0.3 is 0 Å². The molecule has 0 bridgehead atoms. The van der Waals surface area contributed by atoms with E-state index in [-0.39, 0.29) is 24.0 Å². The van der Waals surface area contributed by atoms with Gasteiger partial charge in [-0.15, -0.1) is 24.0 Å². The summed E-state index contributed by atoms with van der Waals surface area (Å²) in [5, 5.41) is 6.70. The average Bonchev–Trinajstić information content (AvgIpc) is 2.67. The molecule has 0 radical (unpaired) electrons. The average molecular weight is 490 g/mol. The molecule has 1 aromatic rings. The summed E-state index contributed by atoms with van der Waals surface area (Å²) in [6.07, 6.45) is 0.928. The highest BCUT2D eigenvalue weighted by Crippen LogP contribution is 2.11. The zero-order valence-electron chi connectivity index (χ0n) is 16.9. The third-order valence-electron chi connectivity index (χ3n) is 4.43. The summed E-state index contributed by atoms with van der Waals surface area (Å²) in [5.74, 6) is 1.80. The van der Waals surface area contributed by atoms with Crippen molar-refractivity contribution in [2.45, 2.75) is 33.2 Å². The Morgan fingerprint density at radius 3 is 2.59 bits per heavy atom. The normalized spacial score (nSPS) is 16.3. The molecule has 0 amide bonds. The van der Waals surface area contributed by atoms with Crippen molar-refractivity contribution in [2.75, 3.05) is 52.5 Å². The molecule has 2 N–H and O–H groups in total. The highest BCUT2D eigenvalue weighted by Gasteiger charge is 2.16. The zero-order chi connectivity index (χ0) is 18.6. The summed E-state index contributed by atoms with van der Waals surface area (Å²) < 4.78 is 11.2. The van der Waals surface area contributed by atoms with E-state index in [2.05, 4.69) is 48.4 Å². The molecule has 0 aliphatic carbocycles. The number of aliphatic imine (C=N–C) groups is 1. The largest absolute Gasteiger partial charge is 0.494 e. The molecule has 154 valence electrons. The number of halogens is 1. The Labute approximate surface area is 181 Å². The van der Waals surface area contributed by atoms with Gasteiger partial charge in [-0.05, 0) is 39.3 Å². The fourth-order valence-electron chi connectivity index (χ4n) is 2.80. The third kappa shape index (κ3) is 9.62. The maximum atomic E-state index is 5.76. The third-order valence-corrected chi connectivity index (χ3v) is 4.43. The van der Waals surface area contributed by atoms with Crippen LogP contribution >= 0.6 is 24.0 Å². The first-order valence-electron chi connectivity index (χ1n) is 9.72. The Hall–Kier alpha value is -1.06. The van der Waals surface area contributed by atoms with Crippen molar-refractivity contribution in [1.82, 2.24) is 15.5 Å². The predicted molar refractivity (Wildman–Crippen MR) is 123 cm³/mol. The first-order valence-corrected chi connectivity index (χ1v) is 9.72. The summed E-state index contributed by atoms with van der Waals surface area (Å²) in [7, 11) is 0. The minimum absolute atomic E-state index is 0. The van der Waals surface area contributed by atoms with Gasteiger partial charge in [0.1, 0.15) is 5.75 Å². The number of aryl methyl sites for hydroxylation is 1. The number of ether oxygens (including phenoxy) is 2. The van der Waals surface area contributed by atoms with E-state index >= 15 is 0 Å². The second-order valence-electron chi connectivity index (χ2n) is 6.66. The van der Waals surface area contributed by atoms with E-state index in [4.69, 9.17) is 14.5 Å². The summed E-state index contributed by atoms with van der Waals surface area (Å²) in [6.45, 7) is 13.2. The van der Waals surface area contributed by atoms with Crippen LogP contribution in [0.2, 0.25) is 0 Å². The second-order valence-corrected chi connectivity index (χ2v) is 6.66. The number of rotatable bonds is 9. The van der Waals surface area contributed by atoms with E-state index in [1.54, 1.807) is 0 Å². The molecule has 1 aromatic carbocycles. The zero-order valence-corrected chi connectivity index (χ0v) is 19.2. The van der Waals surface area contributed by atoms with Crippen molar-refractivity contribution in [1.29, 1.82) is 0 Å². The molecule has 0 spiro atoms. The van der Waals surface area contributed by atoms with E-state index in [0.29, 0.717) is 12.6 Å². The molecule has 1 fully saturated rings. The molecule has 0 aromatic heterocycles. The minimum Gasteiger partial charge on any atom is -0.494 e. The predicted octanol–water partition coefficient (Wildman–Crippen LogP) is 2.66. The van der Waals surface area contributed by atoms with Crippen molar-refractivity contribution >= 4 is 29.9 Å².